The topological polar surface area (TPSA) is 126 Å². The molecule has 0 saturated carbocycles. The van der Waals surface area contributed by atoms with Crippen molar-refractivity contribution in [3.63, 3.8) is 0 Å². The van der Waals surface area contributed by atoms with Gasteiger partial charge in [0, 0.05) is 18.3 Å². The lowest BCUT2D eigenvalue weighted by Crippen LogP contribution is -2.35. The fourth-order valence-corrected chi connectivity index (χ4v) is 3.27. The lowest BCUT2D eigenvalue weighted by molar-refractivity contribution is -0.137. The van der Waals surface area contributed by atoms with Crippen LogP contribution in [0, 0.1) is 6.92 Å². The van der Waals surface area contributed by atoms with Crippen LogP contribution in [0.3, 0.4) is 0 Å². The van der Waals surface area contributed by atoms with Crippen LogP contribution in [0.1, 0.15) is 35.7 Å². The molecule has 2 heterocycles. The molecule has 0 saturated heterocycles. The molecule has 0 fully saturated rings. The number of aliphatic hydroxyl groups is 1. The fraction of sp³-hybridized carbons (Fsp3) is 0.304. The van der Waals surface area contributed by atoms with Gasteiger partial charge >= 0.3 is 6.18 Å². The average molecular weight is 474 g/mol. The molecular weight excluding hydrogens is 449 g/mol. The van der Waals surface area contributed by atoms with Crippen LogP contribution < -0.4 is 16.4 Å². The molecule has 0 radical (unpaired) electrons. The molecule has 8 nitrogen and oxygen atoms in total. The van der Waals surface area contributed by atoms with Crippen molar-refractivity contribution in [1.29, 1.82) is 0 Å². The summed E-state index contributed by atoms with van der Waals surface area (Å²) in [7, 11) is 0. The van der Waals surface area contributed by atoms with Gasteiger partial charge in [0.2, 0.25) is 11.9 Å². The van der Waals surface area contributed by atoms with Crippen LogP contribution in [0.2, 0.25) is 0 Å². The van der Waals surface area contributed by atoms with Gasteiger partial charge in [0.25, 0.3) is 0 Å². The second-order valence-corrected chi connectivity index (χ2v) is 7.69. The Kier molecular flexibility index (Phi) is 7.67. The normalized spacial score (nSPS) is 12.3. The Morgan fingerprint density at radius 2 is 1.88 bits per heavy atom. The van der Waals surface area contributed by atoms with Crippen molar-refractivity contribution in [3.8, 4) is 11.3 Å². The number of pyridine rings is 1. The molecule has 5 N–H and O–H groups in total. The smallest absolute Gasteiger partial charge is 0.390 e. The maximum absolute atomic E-state index is 13.4. The van der Waals surface area contributed by atoms with Gasteiger partial charge in [-0.2, -0.15) is 18.2 Å². The van der Waals surface area contributed by atoms with Crippen molar-refractivity contribution in [3.05, 3.63) is 65.0 Å². The van der Waals surface area contributed by atoms with Crippen molar-refractivity contribution in [2.24, 2.45) is 5.73 Å². The van der Waals surface area contributed by atoms with Gasteiger partial charge in [0.1, 0.15) is 17.4 Å². The number of carbonyl (C=O) groups is 1. The summed E-state index contributed by atoms with van der Waals surface area (Å²) in [6.07, 6.45) is -3.84. The number of aryl methyl sites for hydroxylation is 1. The lowest BCUT2D eigenvalue weighted by atomic mass is 10.1. The first kappa shape index (κ1) is 24.9. The van der Waals surface area contributed by atoms with E-state index >= 15 is 0 Å². The van der Waals surface area contributed by atoms with Crippen LogP contribution in [0.5, 0.6) is 0 Å². The third-order valence-electron chi connectivity index (χ3n) is 5.04. The molecule has 0 aliphatic carbocycles. The van der Waals surface area contributed by atoms with E-state index in [9.17, 15) is 23.1 Å². The van der Waals surface area contributed by atoms with Crippen molar-refractivity contribution >= 4 is 17.7 Å². The van der Waals surface area contributed by atoms with Crippen LogP contribution in [-0.2, 0) is 24.1 Å². The van der Waals surface area contributed by atoms with Gasteiger partial charge in [0.15, 0.2) is 0 Å². The summed E-state index contributed by atoms with van der Waals surface area (Å²) in [5, 5.41) is 14.7. The standard InChI is InChI=1S/C23H25F3N6O2/c1-3-18(20(27)34)31-21-17(23(24,25)26)11-29-22(32-21)28-10-14-4-6-15(7-5-14)19-9-13(2)8-16(12-33)30-19/h4-9,11,18,33H,3,10,12H2,1-2H3,(H2,27,34)(H2,28,29,31,32)/t18-/m1/s1. The number of anilines is 2. The van der Waals surface area contributed by atoms with E-state index < -0.39 is 29.5 Å². The first-order valence-electron chi connectivity index (χ1n) is 10.5. The number of aliphatic hydroxyl groups excluding tert-OH is 1. The average Bonchev–Trinajstić information content (AvgIpc) is 2.80. The van der Waals surface area contributed by atoms with Crippen LogP contribution in [0.15, 0.2) is 42.6 Å². The number of nitrogens with one attached hydrogen (secondary N) is 2. The van der Waals surface area contributed by atoms with Crippen molar-refractivity contribution < 1.29 is 23.1 Å². The first-order valence-corrected chi connectivity index (χ1v) is 10.5. The number of rotatable bonds is 9. The second-order valence-electron chi connectivity index (χ2n) is 7.69. The molecule has 0 aliphatic rings. The van der Waals surface area contributed by atoms with Gasteiger partial charge in [-0.3, -0.25) is 9.78 Å². The number of alkyl halides is 3. The predicted molar refractivity (Wildman–Crippen MR) is 122 cm³/mol. The molecular formula is C23H25F3N6O2. The minimum absolute atomic E-state index is 0.0353. The van der Waals surface area contributed by atoms with Crippen LogP contribution >= 0.6 is 0 Å². The molecule has 3 aromatic rings. The Morgan fingerprint density at radius 1 is 1.18 bits per heavy atom. The monoisotopic (exact) mass is 474 g/mol. The van der Waals surface area contributed by atoms with Crippen molar-refractivity contribution in [2.75, 3.05) is 10.6 Å². The maximum Gasteiger partial charge on any atom is 0.421 e. The van der Waals surface area contributed by atoms with Gasteiger partial charge in [-0.25, -0.2) is 4.98 Å². The largest absolute Gasteiger partial charge is 0.421 e. The third-order valence-corrected chi connectivity index (χ3v) is 5.04. The Bertz CT molecular complexity index is 1150. The van der Waals surface area contributed by atoms with Gasteiger partial charge < -0.3 is 21.5 Å². The van der Waals surface area contributed by atoms with E-state index in [1.165, 1.54) is 0 Å². The van der Waals surface area contributed by atoms with Crippen LogP contribution in [0.4, 0.5) is 24.9 Å². The van der Waals surface area contributed by atoms with E-state index in [0.717, 1.165) is 22.4 Å². The number of nitrogens with two attached hydrogens (primary N) is 1. The Hall–Kier alpha value is -3.73. The number of benzene rings is 1. The van der Waals surface area contributed by atoms with E-state index in [-0.39, 0.29) is 25.5 Å². The molecule has 180 valence electrons. The lowest BCUT2D eigenvalue weighted by Gasteiger charge is -2.18. The zero-order valence-electron chi connectivity index (χ0n) is 18.6. The Morgan fingerprint density at radius 3 is 2.47 bits per heavy atom. The molecule has 0 bridgehead atoms. The highest BCUT2D eigenvalue weighted by Crippen LogP contribution is 2.34. The first-order chi connectivity index (χ1) is 16.1. The molecule has 0 unspecified atom stereocenters. The van der Waals surface area contributed by atoms with E-state index in [1.807, 2.05) is 37.3 Å². The van der Waals surface area contributed by atoms with E-state index in [1.54, 1.807) is 13.0 Å². The number of hydrogen-bond acceptors (Lipinski definition) is 7. The van der Waals surface area contributed by atoms with Gasteiger partial charge in [0.05, 0.1) is 18.0 Å². The fourth-order valence-electron chi connectivity index (χ4n) is 3.27. The third kappa shape index (κ3) is 6.19. The molecule has 0 aliphatic heterocycles. The quantitative estimate of drug-likeness (QED) is 0.373. The molecule has 1 amide bonds. The number of nitrogens with zero attached hydrogens (tertiary/aromatic N) is 3. The minimum atomic E-state index is -4.70. The van der Waals surface area contributed by atoms with Gasteiger partial charge in [-0.15, -0.1) is 0 Å². The highest BCUT2D eigenvalue weighted by atomic mass is 19.4. The van der Waals surface area contributed by atoms with Gasteiger partial charge in [-0.1, -0.05) is 31.2 Å². The van der Waals surface area contributed by atoms with E-state index in [4.69, 9.17) is 5.73 Å². The second kappa shape index (κ2) is 10.5. The molecule has 2 aromatic heterocycles. The van der Waals surface area contributed by atoms with Crippen molar-refractivity contribution in [1.82, 2.24) is 15.0 Å². The number of amides is 1. The Labute approximate surface area is 194 Å². The summed E-state index contributed by atoms with van der Waals surface area (Å²) in [6.45, 7) is 3.64. The summed E-state index contributed by atoms with van der Waals surface area (Å²) < 4.78 is 40.1. The molecule has 1 aromatic carbocycles. The van der Waals surface area contributed by atoms with Gasteiger partial charge in [-0.05, 0) is 36.6 Å². The molecule has 3 rings (SSSR count). The molecule has 11 heteroatoms. The summed E-state index contributed by atoms with van der Waals surface area (Å²) in [6, 6.07) is 10.1. The zero-order chi connectivity index (χ0) is 24.9. The number of halogens is 3. The minimum Gasteiger partial charge on any atom is -0.390 e. The highest BCUT2D eigenvalue weighted by Gasteiger charge is 2.36. The van der Waals surface area contributed by atoms with Crippen LogP contribution in [0.25, 0.3) is 11.3 Å². The molecule has 0 spiro atoms. The highest BCUT2D eigenvalue weighted by molar-refractivity contribution is 5.82. The number of carbonyl (C=O) groups excluding carboxylic acids is 1. The van der Waals surface area contributed by atoms with Crippen LogP contribution in [-0.4, -0.2) is 32.0 Å². The SMILES string of the molecule is CC[C@@H](Nc1nc(NCc2ccc(-c3cc(C)cc(CO)n3)cc2)ncc1C(F)(F)F)C(N)=O. The zero-order valence-corrected chi connectivity index (χ0v) is 18.6. The van der Waals surface area contributed by atoms with Crippen molar-refractivity contribution in [2.45, 2.75) is 45.6 Å². The summed E-state index contributed by atoms with van der Waals surface area (Å²) in [5.74, 6) is -1.33. The number of aromatic nitrogens is 3. The predicted octanol–water partition coefficient (Wildman–Crippen LogP) is 3.65. The molecule has 34 heavy (non-hydrogen) atoms. The summed E-state index contributed by atoms with van der Waals surface area (Å²) in [4.78, 5) is 23.6. The maximum atomic E-state index is 13.4. The molecule has 1 atom stereocenters. The number of hydrogen-bond donors (Lipinski definition) is 4. The van der Waals surface area contributed by atoms with E-state index in [0.29, 0.717) is 11.9 Å². The summed E-state index contributed by atoms with van der Waals surface area (Å²) in [5.41, 5.74) is 8.13. The van der Waals surface area contributed by atoms with E-state index in [2.05, 4.69) is 25.6 Å². The Balaban J connectivity index is 1.76. The summed E-state index contributed by atoms with van der Waals surface area (Å²) >= 11 is 0. The number of primary amides is 1.